The minimum absolute atomic E-state index is 0.0234. The number of benzene rings is 1. The van der Waals surface area contributed by atoms with Crippen molar-refractivity contribution in [3.05, 3.63) is 30.3 Å². The Hall–Kier alpha value is -3.30. The van der Waals surface area contributed by atoms with Crippen LogP contribution >= 0.6 is 0 Å². The maximum absolute atomic E-state index is 13.1. The van der Waals surface area contributed by atoms with Gasteiger partial charge in [-0.25, -0.2) is 0 Å². The van der Waals surface area contributed by atoms with E-state index in [1.165, 1.54) is 6.92 Å². The molecule has 18 nitrogen and oxygen atoms in total. The third kappa shape index (κ3) is 11.1. The summed E-state index contributed by atoms with van der Waals surface area (Å²) in [6, 6.07) is 8.93. The Morgan fingerprint density at radius 2 is 1.35 bits per heavy atom. The molecule has 1 aromatic carbocycles. The lowest BCUT2D eigenvalue weighted by Gasteiger charge is -2.45. The standard InChI is InChI=1S/C31H46N4O14/c1-17-23(40)25(42)28-31(47-17)46-14-12-33-21(38)16-35(22(39)10-6-5-9-19(36)34-18-7-3-2-4-8-18)15-20(37)32-11-13-45-29-26(43)24(41)27(44)30(48-28)49-29/h2-4,7-8,17,23-31,40-44H,5-6,9-16H2,1H3,(H,32,37)(H,33,38)(H,34,36)/t17-,23+,24-,25+,26-,27-,28-,29+,30+,31+/m0/s1. The van der Waals surface area contributed by atoms with Gasteiger partial charge in [0.05, 0.1) is 19.3 Å². The van der Waals surface area contributed by atoms with E-state index >= 15 is 0 Å². The molecule has 3 saturated heterocycles. The number of aliphatic hydroxyl groups excluding tert-OH is 5. The molecule has 274 valence electrons. The number of carbonyl (C=O) groups excluding carboxylic acids is 4. The summed E-state index contributed by atoms with van der Waals surface area (Å²) in [6.45, 7) is -0.0884. The number of anilines is 1. The number of nitrogens with one attached hydrogen (secondary N) is 3. The predicted molar refractivity (Wildman–Crippen MR) is 166 cm³/mol. The summed E-state index contributed by atoms with van der Waals surface area (Å²) in [5.74, 6) is -1.90. The van der Waals surface area contributed by atoms with E-state index < -0.39 is 92.4 Å². The number of unbranched alkanes of at least 4 members (excludes halogenated alkanes) is 1. The van der Waals surface area contributed by atoms with Crippen LogP contribution in [-0.4, -0.2) is 155 Å². The van der Waals surface area contributed by atoms with Gasteiger partial charge in [-0.15, -0.1) is 0 Å². The SMILES string of the molecule is C[C@@H]1O[C@H]2OCCNC(=O)CN(C(=O)CCCCC(=O)Nc3ccccc3)CC(=O)NCCO[C@@H]3O[C@@H](O[C@H]2[C@H](O)[C@@H]1O)[C@@H](O)[C@@H](O)[C@@H]3O. The highest BCUT2D eigenvalue weighted by molar-refractivity contribution is 5.91. The van der Waals surface area contributed by atoms with Gasteiger partial charge in [0.15, 0.2) is 18.9 Å². The van der Waals surface area contributed by atoms with Gasteiger partial charge in [0.2, 0.25) is 23.6 Å². The number of carbonyl (C=O) groups is 4. The summed E-state index contributed by atoms with van der Waals surface area (Å²) in [5, 5.41) is 60.4. The van der Waals surface area contributed by atoms with Crippen molar-refractivity contribution in [1.82, 2.24) is 15.5 Å². The first-order chi connectivity index (χ1) is 23.4. The minimum Gasteiger partial charge on any atom is -0.388 e. The summed E-state index contributed by atoms with van der Waals surface area (Å²) < 4.78 is 28.1. The van der Waals surface area contributed by atoms with Crippen molar-refractivity contribution >= 4 is 29.3 Å². The van der Waals surface area contributed by atoms with E-state index in [-0.39, 0.29) is 45.1 Å². The van der Waals surface area contributed by atoms with Crippen molar-refractivity contribution in [2.45, 2.75) is 94.2 Å². The van der Waals surface area contributed by atoms with Crippen LogP contribution in [0.15, 0.2) is 30.3 Å². The molecule has 3 aliphatic heterocycles. The lowest BCUT2D eigenvalue weighted by molar-refractivity contribution is -0.387. The van der Waals surface area contributed by atoms with E-state index in [1.807, 2.05) is 6.07 Å². The quantitative estimate of drug-likeness (QED) is 0.137. The van der Waals surface area contributed by atoms with Crippen molar-refractivity contribution in [1.29, 1.82) is 0 Å². The van der Waals surface area contributed by atoms with Gasteiger partial charge in [0, 0.05) is 31.6 Å². The third-order valence-corrected chi connectivity index (χ3v) is 8.14. The Balaban J connectivity index is 1.38. The van der Waals surface area contributed by atoms with E-state index in [0.29, 0.717) is 18.5 Å². The molecule has 0 saturated carbocycles. The molecule has 3 fully saturated rings. The van der Waals surface area contributed by atoms with Gasteiger partial charge < -0.3 is 70.1 Å². The predicted octanol–water partition coefficient (Wildman–Crippen LogP) is -3.09. The normalized spacial score (nSPS) is 33.9. The zero-order chi connectivity index (χ0) is 35.5. The molecule has 1 aromatic rings. The molecule has 0 radical (unpaired) electrons. The maximum Gasteiger partial charge on any atom is 0.239 e. The number of para-hydroxylation sites is 1. The van der Waals surface area contributed by atoms with Crippen LogP contribution in [0.4, 0.5) is 5.69 Å². The molecule has 18 heteroatoms. The Morgan fingerprint density at radius 3 is 2.00 bits per heavy atom. The van der Waals surface area contributed by atoms with Gasteiger partial charge in [-0.3, -0.25) is 19.2 Å². The number of fused-ring (bicyclic) bond motifs is 3. The molecule has 4 rings (SSSR count). The summed E-state index contributed by atoms with van der Waals surface area (Å²) in [4.78, 5) is 52.0. The number of nitrogens with zero attached hydrogens (tertiary/aromatic N) is 1. The van der Waals surface area contributed by atoms with Gasteiger partial charge in [-0.1, -0.05) is 18.2 Å². The summed E-state index contributed by atoms with van der Waals surface area (Å²) in [7, 11) is 0. The second-order valence-electron chi connectivity index (χ2n) is 11.9. The van der Waals surface area contributed by atoms with Crippen molar-refractivity contribution in [3.63, 3.8) is 0 Å². The fourth-order valence-electron chi connectivity index (χ4n) is 5.39. The van der Waals surface area contributed by atoms with Gasteiger partial charge in [0.1, 0.15) is 49.7 Å². The Kier molecular flexibility index (Phi) is 14.6. The first kappa shape index (κ1) is 38.5. The van der Waals surface area contributed by atoms with Gasteiger partial charge in [-0.05, 0) is 31.9 Å². The smallest absolute Gasteiger partial charge is 0.239 e. The molecule has 8 N–H and O–H groups in total. The molecule has 0 aromatic heterocycles. The largest absolute Gasteiger partial charge is 0.388 e. The number of hydrogen-bond acceptors (Lipinski definition) is 14. The highest BCUT2D eigenvalue weighted by Crippen LogP contribution is 2.30. The van der Waals surface area contributed by atoms with Gasteiger partial charge in [0.25, 0.3) is 0 Å². The Labute approximate surface area is 282 Å². The van der Waals surface area contributed by atoms with Crippen molar-refractivity contribution in [3.8, 4) is 0 Å². The lowest BCUT2D eigenvalue weighted by Crippen LogP contribution is -2.64. The topological polar surface area (TPSA) is 255 Å². The van der Waals surface area contributed by atoms with Crippen molar-refractivity contribution < 1.29 is 68.4 Å². The minimum atomic E-state index is -1.80. The zero-order valence-electron chi connectivity index (χ0n) is 27.1. The van der Waals surface area contributed by atoms with E-state index in [4.69, 9.17) is 23.7 Å². The highest BCUT2D eigenvalue weighted by Gasteiger charge is 2.50. The molecule has 0 aliphatic carbocycles. The Morgan fingerprint density at radius 1 is 0.755 bits per heavy atom. The fourth-order valence-corrected chi connectivity index (χ4v) is 5.39. The number of aliphatic hydroxyl groups is 5. The first-order valence-corrected chi connectivity index (χ1v) is 16.2. The molecule has 3 heterocycles. The van der Waals surface area contributed by atoms with Crippen LogP contribution in [-0.2, 0) is 42.9 Å². The summed E-state index contributed by atoms with van der Waals surface area (Å²) in [5.41, 5.74) is 0.656. The van der Waals surface area contributed by atoms with E-state index in [1.54, 1.807) is 24.3 Å². The molecule has 49 heavy (non-hydrogen) atoms. The van der Waals surface area contributed by atoms with Crippen LogP contribution in [0, 0.1) is 0 Å². The maximum atomic E-state index is 13.1. The number of amides is 4. The van der Waals surface area contributed by atoms with E-state index in [0.717, 1.165) is 4.90 Å². The van der Waals surface area contributed by atoms with E-state index in [9.17, 15) is 44.7 Å². The molecular formula is C31H46N4O14. The highest BCUT2D eigenvalue weighted by atomic mass is 16.8. The van der Waals surface area contributed by atoms with Crippen LogP contribution < -0.4 is 16.0 Å². The molecule has 2 bridgehead atoms. The van der Waals surface area contributed by atoms with Crippen LogP contribution in [0.2, 0.25) is 0 Å². The summed E-state index contributed by atoms with van der Waals surface area (Å²) >= 11 is 0. The first-order valence-electron chi connectivity index (χ1n) is 16.2. The van der Waals surface area contributed by atoms with Gasteiger partial charge in [-0.2, -0.15) is 0 Å². The number of rotatable bonds is 6. The summed E-state index contributed by atoms with van der Waals surface area (Å²) in [6.07, 6.45) is -14.4. The molecular weight excluding hydrogens is 652 g/mol. The van der Waals surface area contributed by atoms with Gasteiger partial charge >= 0.3 is 0 Å². The molecule has 0 spiro atoms. The van der Waals surface area contributed by atoms with E-state index in [2.05, 4.69) is 16.0 Å². The van der Waals surface area contributed by atoms with Crippen LogP contribution in [0.1, 0.15) is 32.6 Å². The molecule has 4 amide bonds. The second kappa shape index (κ2) is 18.6. The second-order valence-corrected chi connectivity index (χ2v) is 11.9. The zero-order valence-corrected chi connectivity index (χ0v) is 27.1. The van der Waals surface area contributed by atoms with Crippen LogP contribution in [0.25, 0.3) is 0 Å². The van der Waals surface area contributed by atoms with Crippen molar-refractivity contribution in [2.24, 2.45) is 0 Å². The number of ether oxygens (including phenoxy) is 5. The molecule has 0 unspecified atom stereocenters. The monoisotopic (exact) mass is 698 g/mol. The fraction of sp³-hybridized carbons (Fsp3) is 0.677. The molecule has 10 atom stereocenters. The number of hydrogen-bond donors (Lipinski definition) is 8. The van der Waals surface area contributed by atoms with Crippen LogP contribution in [0.5, 0.6) is 0 Å². The third-order valence-electron chi connectivity index (χ3n) is 8.14. The Bertz CT molecular complexity index is 1240. The lowest BCUT2D eigenvalue weighted by atomic mass is 9.99. The van der Waals surface area contributed by atoms with Crippen molar-refractivity contribution in [2.75, 3.05) is 44.7 Å². The molecule has 3 aliphatic rings. The van der Waals surface area contributed by atoms with Crippen LogP contribution in [0.3, 0.4) is 0 Å². The average Bonchev–Trinajstić information content (AvgIpc) is 3.07. The average molecular weight is 699 g/mol.